The number of aromatic nitrogens is 2. The first-order valence-corrected chi connectivity index (χ1v) is 10.4. The van der Waals surface area contributed by atoms with Gasteiger partial charge >= 0.3 is 5.97 Å². The number of hydrogen-bond donors (Lipinski definition) is 1. The topological polar surface area (TPSA) is 103 Å². The summed E-state index contributed by atoms with van der Waals surface area (Å²) >= 11 is 1.33. The van der Waals surface area contributed by atoms with Crippen LogP contribution in [-0.4, -0.2) is 27.6 Å². The lowest BCUT2D eigenvalue weighted by Gasteiger charge is -2.10. The molecule has 5 rings (SSSR count). The molecule has 0 atom stereocenters. The van der Waals surface area contributed by atoms with Crippen LogP contribution in [-0.2, 0) is 6.61 Å². The van der Waals surface area contributed by atoms with Crippen molar-refractivity contribution < 1.29 is 23.8 Å². The van der Waals surface area contributed by atoms with Crippen molar-refractivity contribution in [3.63, 3.8) is 0 Å². The second kappa shape index (κ2) is 7.86. The van der Waals surface area contributed by atoms with Crippen LogP contribution >= 0.6 is 11.3 Å². The number of rotatable bonds is 6. The van der Waals surface area contributed by atoms with Gasteiger partial charge in [-0.2, -0.15) is 0 Å². The van der Waals surface area contributed by atoms with Gasteiger partial charge in [-0.15, -0.1) is 0 Å². The number of carbonyl (C=O) groups is 1. The highest BCUT2D eigenvalue weighted by atomic mass is 32.1. The molecule has 0 radical (unpaired) electrons. The first kappa shape index (κ1) is 19.8. The van der Waals surface area contributed by atoms with E-state index in [1.54, 1.807) is 28.7 Å². The first-order valence-electron chi connectivity index (χ1n) is 9.58. The van der Waals surface area contributed by atoms with Gasteiger partial charge in [0.1, 0.15) is 12.4 Å². The third-order valence-electron chi connectivity index (χ3n) is 4.87. The lowest BCUT2D eigenvalue weighted by Crippen LogP contribution is -2.22. The summed E-state index contributed by atoms with van der Waals surface area (Å²) < 4.78 is 18.5. The highest BCUT2D eigenvalue weighted by Gasteiger charge is 2.13. The fourth-order valence-corrected chi connectivity index (χ4v) is 4.36. The molecule has 0 saturated heterocycles. The van der Waals surface area contributed by atoms with Gasteiger partial charge in [0, 0.05) is 0 Å². The number of fused-ring (bicyclic) bond motifs is 3. The predicted molar refractivity (Wildman–Crippen MR) is 119 cm³/mol. The third-order valence-corrected chi connectivity index (χ3v) is 5.84. The second-order valence-corrected chi connectivity index (χ2v) is 7.91. The van der Waals surface area contributed by atoms with E-state index in [2.05, 4.69) is 4.98 Å². The summed E-state index contributed by atoms with van der Waals surface area (Å²) in [6.07, 6.45) is 1.79. The summed E-state index contributed by atoms with van der Waals surface area (Å²) in [5.74, 6) is 0.0324. The molecule has 1 N–H and O–H groups in total. The van der Waals surface area contributed by atoms with Gasteiger partial charge < -0.3 is 19.0 Å². The zero-order valence-electron chi connectivity index (χ0n) is 16.8. The van der Waals surface area contributed by atoms with Gasteiger partial charge in [-0.3, -0.25) is 4.79 Å². The molecule has 3 heterocycles. The van der Waals surface area contributed by atoms with Gasteiger partial charge in [0.15, 0.2) is 16.5 Å². The molecule has 3 aromatic heterocycles. The molecular weight excluding hydrogens is 432 g/mol. The Morgan fingerprint density at radius 1 is 1.19 bits per heavy atom. The molecule has 0 amide bonds. The highest BCUT2D eigenvalue weighted by molar-refractivity contribution is 7.15. The lowest BCUT2D eigenvalue weighted by atomic mass is 10.2. The van der Waals surface area contributed by atoms with Gasteiger partial charge in [-0.25, -0.2) is 14.2 Å². The molecule has 5 aromatic rings. The van der Waals surface area contributed by atoms with Crippen molar-refractivity contribution in [2.24, 2.45) is 0 Å². The summed E-state index contributed by atoms with van der Waals surface area (Å²) in [4.78, 5) is 29.0. The van der Waals surface area contributed by atoms with Crippen LogP contribution < -0.4 is 19.6 Å². The molecule has 0 aliphatic heterocycles. The molecule has 0 aliphatic carbocycles. The van der Waals surface area contributed by atoms with Gasteiger partial charge in [0.2, 0.25) is 5.76 Å². The fraction of sp³-hybridized carbons (Fsp3) is 0.0870. The second-order valence-electron chi connectivity index (χ2n) is 6.90. The lowest BCUT2D eigenvalue weighted by molar-refractivity contribution is 0.0658. The van der Waals surface area contributed by atoms with Gasteiger partial charge in [-0.1, -0.05) is 29.5 Å². The van der Waals surface area contributed by atoms with E-state index in [0.717, 1.165) is 16.6 Å². The summed E-state index contributed by atoms with van der Waals surface area (Å²) in [6.45, 7) is 0.0482. The Labute approximate surface area is 184 Å². The van der Waals surface area contributed by atoms with Crippen molar-refractivity contribution in [3.8, 4) is 11.5 Å². The highest BCUT2D eigenvalue weighted by Crippen LogP contribution is 2.29. The number of thiazole rings is 1. The zero-order valence-corrected chi connectivity index (χ0v) is 17.6. The first-order chi connectivity index (χ1) is 15.5. The van der Waals surface area contributed by atoms with Crippen molar-refractivity contribution in [2.45, 2.75) is 6.61 Å². The fourth-order valence-electron chi connectivity index (χ4n) is 3.38. The zero-order chi connectivity index (χ0) is 22.2. The molecule has 160 valence electrons. The number of aromatic carboxylic acids is 1. The molecule has 0 unspecified atom stereocenters. The van der Waals surface area contributed by atoms with E-state index in [4.69, 9.17) is 19.0 Å². The van der Waals surface area contributed by atoms with Crippen LogP contribution in [0, 0.1) is 0 Å². The SMILES string of the molecule is COc1cc(/C=c2\sc3nc4ccccc4n3c2=O)ccc1OCc1ccc(C(=O)O)o1. The van der Waals surface area contributed by atoms with Crippen molar-refractivity contribution in [1.82, 2.24) is 9.38 Å². The van der Waals surface area contributed by atoms with Crippen molar-refractivity contribution in [3.05, 3.63) is 86.6 Å². The number of nitrogens with zero attached hydrogens (tertiary/aromatic N) is 2. The standard InChI is InChI=1S/C23H16N2O6S/c1-29-19-10-13(6-8-17(19)30-12-14-7-9-18(31-14)22(27)28)11-20-21(26)25-16-5-3-2-4-15(16)24-23(25)32-20/h2-11H,12H2,1H3,(H,27,28)/b20-11-. The molecule has 8 nitrogen and oxygen atoms in total. The smallest absolute Gasteiger partial charge is 0.371 e. The number of furan rings is 1. The number of carboxylic acids is 1. The van der Waals surface area contributed by atoms with Crippen LogP contribution in [0.2, 0.25) is 0 Å². The Kier molecular flexibility index (Phi) is 4.87. The maximum Gasteiger partial charge on any atom is 0.371 e. The number of hydrogen-bond acceptors (Lipinski definition) is 7. The average Bonchev–Trinajstić information content (AvgIpc) is 3.48. The van der Waals surface area contributed by atoms with Crippen molar-refractivity contribution in [2.75, 3.05) is 7.11 Å². The van der Waals surface area contributed by atoms with Crippen LogP contribution in [0.4, 0.5) is 0 Å². The van der Waals surface area contributed by atoms with E-state index < -0.39 is 5.97 Å². The summed E-state index contributed by atoms with van der Waals surface area (Å²) in [7, 11) is 1.52. The van der Waals surface area contributed by atoms with E-state index in [-0.39, 0.29) is 17.9 Å². The summed E-state index contributed by atoms with van der Waals surface area (Å²) in [5, 5.41) is 8.94. The monoisotopic (exact) mass is 448 g/mol. The Morgan fingerprint density at radius 3 is 2.81 bits per heavy atom. The van der Waals surface area contributed by atoms with Crippen molar-refractivity contribution >= 4 is 39.4 Å². The molecule has 0 saturated carbocycles. The predicted octanol–water partition coefficient (Wildman–Crippen LogP) is 3.34. The number of carboxylic acid groups (broad SMARTS) is 1. The minimum absolute atomic E-state index is 0.0482. The molecule has 2 aromatic carbocycles. The number of para-hydroxylation sites is 2. The van der Waals surface area contributed by atoms with Crippen LogP contribution in [0.5, 0.6) is 11.5 Å². The van der Waals surface area contributed by atoms with Crippen LogP contribution in [0.3, 0.4) is 0 Å². The molecule has 9 heteroatoms. The quantitative estimate of drug-likeness (QED) is 0.425. The van der Waals surface area contributed by atoms with E-state index in [0.29, 0.717) is 26.8 Å². The number of imidazole rings is 1. The molecular formula is C23H16N2O6S. The summed E-state index contributed by atoms with van der Waals surface area (Å²) in [5.41, 5.74) is 2.22. The van der Waals surface area contributed by atoms with E-state index in [9.17, 15) is 9.59 Å². The molecule has 0 spiro atoms. The Hall–Kier alpha value is -4.11. The number of benzene rings is 2. The molecule has 0 aliphatic rings. The maximum atomic E-state index is 12.9. The van der Waals surface area contributed by atoms with E-state index in [1.807, 2.05) is 30.3 Å². The summed E-state index contributed by atoms with van der Waals surface area (Å²) in [6, 6.07) is 15.7. The Balaban J connectivity index is 1.44. The minimum atomic E-state index is -1.14. The van der Waals surface area contributed by atoms with Gasteiger partial charge in [-0.05, 0) is 48.0 Å². The Bertz CT molecular complexity index is 1580. The van der Waals surface area contributed by atoms with Gasteiger partial charge in [0.25, 0.3) is 5.56 Å². The van der Waals surface area contributed by atoms with E-state index in [1.165, 1.54) is 24.5 Å². The normalized spacial score (nSPS) is 12.0. The average molecular weight is 448 g/mol. The van der Waals surface area contributed by atoms with E-state index >= 15 is 0 Å². The number of ether oxygens (including phenoxy) is 2. The molecule has 0 bridgehead atoms. The largest absolute Gasteiger partial charge is 0.493 e. The third kappa shape index (κ3) is 3.48. The number of methoxy groups -OCH3 is 1. The van der Waals surface area contributed by atoms with Crippen molar-refractivity contribution in [1.29, 1.82) is 0 Å². The van der Waals surface area contributed by atoms with Crippen LogP contribution in [0.1, 0.15) is 21.9 Å². The minimum Gasteiger partial charge on any atom is -0.493 e. The van der Waals surface area contributed by atoms with Crippen LogP contribution in [0.25, 0.3) is 22.1 Å². The van der Waals surface area contributed by atoms with Crippen LogP contribution in [0.15, 0.2) is 63.8 Å². The molecule has 0 fully saturated rings. The maximum absolute atomic E-state index is 12.9. The molecule has 32 heavy (non-hydrogen) atoms. The van der Waals surface area contributed by atoms with Gasteiger partial charge in [0.05, 0.1) is 22.7 Å². The Morgan fingerprint density at radius 2 is 2.03 bits per heavy atom.